The zero-order valence-electron chi connectivity index (χ0n) is 16.2. The van der Waals surface area contributed by atoms with Gasteiger partial charge in [0.15, 0.2) is 0 Å². The first kappa shape index (κ1) is 18.9. The van der Waals surface area contributed by atoms with Gasteiger partial charge in [0.05, 0.1) is 11.0 Å². The van der Waals surface area contributed by atoms with E-state index in [2.05, 4.69) is 15.5 Å². The largest absolute Gasteiger partial charge is 0.361 e. The summed E-state index contributed by atoms with van der Waals surface area (Å²) >= 11 is 0. The summed E-state index contributed by atoms with van der Waals surface area (Å²) in [6, 6.07) is 15.1. The van der Waals surface area contributed by atoms with E-state index in [1.165, 1.54) is 0 Å². The molecule has 148 valence electrons. The van der Waals surface area contributed by atoms with Gasteiger partial charge in [-0.1, -0.05) is 35.5 Å². The Labute approximate surface area is 168 Å². The van der Waals surface area contributed by atoms with Gasteiger partial charge in [-0.15, -0.1) is 0 Å². The van der Waals surface area contributed by atoms with Crippen LogP contribution in [0.1, 0.15) is 22.5 Å². The Morgan fingerprint density at radius 1 is 1.21 bits per heavy atom. The van der Waals surface area contributed by atoms with Crippen LogP contribution in [-0.4, -0.2) is 47.0 Å². The van der Waals surface area contributed by atoms with Gasteiger partial charge in [-0.3, -0.25) is 14.6 Å². The highest BCUT2D eigenvalue weighted by atomic mass is 16.5. The number of hydrogen-bond donors (Lipinski definition) is 1. The number of pyridine rings is 1. The number of nitrogens with one attached hydrogen (secondary N) is 1. The molecular weight excluding hydrogens is 368 g/mol. The minimum atomic E-state index is -0.750. The first-order valence-corrected chi connectivity index (χ1v) is 9.54. The van der Waals surface area contributed by atoms with Crippen LogP contribution in [-0.2, 0) is 11.2 Å². The molecule has 2 aromatic heterocycles. The smallest absolute Gasteiger partial charge is 0.255 e. The molecule has 2 amide bonds. The summed E-state index contributed by atoms with van der Waals surface area (Å²) in [6.07, 6.45) is 4.11. The molecule has 1 aromatic carbocycles. The maximum Gasteiger partial charge on any atom is 0.255 e. The number of rotatable bonds is 5. The van der Waals surface area contributed by atoms with E-state index in [-0.39, 0.29) is 11.8 Å². The second kappa shape index (κ2) is 7.87. The molecule has 7 nitrogen and oxygen atoms in total. The van der Waals surface area contributed by atoms with Gasteiger partial charge in [-0.2, -0.15) is 0 Å². The zero-order valence-corrected chi connectivity index (χ0v) is 16.2. The van der Waals surface area contributed by atoms with Crippen molar-refractivity contribution >= 4 is 11.8 Å². The quantitative estimate of drug-likeness (QED) is 0.723. The van der Waals surface area contributed by atoms with Crippen LogP contribution < -0.4 is 5.32 Å². The van der Waals surface area contributed by atoms with E-state index >= 15 is 0 Å². The Hall–Kier alpha value is -3.48. The molecule has 3 heterocycles. The normalized spacial score (nSPS) is 18.6. The van der Waals surface area contributed by atoms with Crippen molar-refractivity contribution in [1.29, 1.82) is 0 Å². The summed E-state index contributed by atoms with van der Waals surface area (Å²) in [7, 11) is 1.62. The minimum Gasteiger partial charge on any atom is -0.361 e. The Balaban J connectivity index is 1.55. The molecule has 1 aliphatic heterocycles. The second-order valence-electron chi connectivity index (χ2n) is 7.30. The van der Waals surface area contributed by atoms with Gasteiger partial charge in [0.25, 0.3) is 5.91 Å². The van der Waals surface area contributed by atoms with Crippen LogP contribution in [0.2, 0.25) is 0 Å². The predicted molar refractivity (Wildman–Crippen MR) is 107 cm³/mol. The number of likely N-dealkylation sites (tertiary alicyclic amines) is 1. The summed E-state index contributed by atoms with van der Waals surface area (Å²) in [4.78, 5) is 31.3. The molecule has 0 unspecified atom stereocenters. The third-order valence-corrected chi connectivity index (χ3v) is 5.40. The van der Waals surface area contributed by atoms with E-state index in [4.69, 9.17) is 4.52 Å². The molecule has 4 rings (SSSR count). The molecule has 0 radical (unpaired) electrons. The lowest BCUT2D eigenvalue weighted by Gasteiger charge is -2.26. The summed E-state index contributed by atoms with van der Waals surface area (Å²) in [6.45, 7) is 0.822. The van der Waals surface area contributed by atoms with Gasteiger partial charge in [-0.05, 0) is 18.6 Å². The van der Waals surface area contributed by atoms with Crippen LogP contribution in [0, 0.1) is 5.41 Å². The van der Waals surface area contributed by atoms with Crippen molar-refractivity contribution in [1.82, 2.24) is 20.4 Å². The highest BCUT2D eigenvalue weighted by molar-refractivity contribution is 5.95. The highest BCUT2D eigenvalue weighted by Crippen LogP contribution is 2.36. The Bertz CT molecular complexity index is 1000. The van der Waals surface area contributed by atoms with Crippen LogP contribution in [0.3, 0.4) is 0 Å². The number of carbonyl (C=O) groups is 2. The van der Waals surface area contributed by atoms with E-state index in [1.54, 1.807) is 36.5 Å². The highest BCUT2D eigenvalue weighted by Gasteiger charge is 2.46. The lowest BCUT2D eigenvalue weighted by molar-refractivity contribution is -0.130. The average Bonchev–Trinajstić information content (AvgIpc) is 3.42. The first-order valence-electron chi connectivity index (χ1n) is 9.54. The molecule has 3 aromatic rings. The molecule has 1 atom stereocenters. The molecular formula is C22H22N4O3. The average molecular weight is 390 g/mol. The van der Waals surface area contributed by atoms with Gasteiger partial charge >= 0.3 is 0 Å². The topological polar surface area (TPSA) is 88.3 Å². The number of hydrogen-bond acceptors (Lipinski definition) is 5. The molecule has 1 aliphatic rings. The van der Waals surface area contributed by atoms with Gasteiger partial charge in [0.1, 0.15) is 11.5 Å². The molecule has 7 heteroatoms. The van der Waals surface area contributed by atoms with E-state index in [0.29, 0.717) is 37.3 Å². The van der Waals surface area contributed by atoms with Crippen LogP contribution in [0.25, 0.3) is 11.3 Å². The van der Waals surface area contributed by atoms with E-state index in [0.717, 1.165) is 11.3 Å². The maximum absolute atomic E-state index is 12.8. The van der Waals surface area contributed by atoms with Crippen molar-refractivity contribution in [2.45, 2.75) is 12.8 Å². The first-order chi connectivity index (χ1) is 14.1. The number of aromatic nitrogens is 2. The summed E-state index contributed by atoms with van der Waals surface area (Å²) in [5.41, 5.74) is 1.46. The predicted octanol–water partition coefficient (Wildman–Crippen LogP) is 2.56. The lowest BCUT2D eigenvalue weighted by atomic mass is 9.81. The summed E-state index contributed by atoms with van der Waals surface area (Å²) in [5, 5.41) is 6.91. The molecule has 1 fully saturated rings. The molecule has 0 spiro atoms. The number of nitrogens with zero attached hydrogens (tertiary/aromatic N) is 3. The third kappa shape index (κ3) is 3.76. The SMILES string of the molecule is CNC(=O)[C@@]1(Cc2cc(-c3ccccc3)no2)CCN(C(=O)c2cccnc2)C1. The van der Waals surface area contributed by atoms with Gasteiger partial charge in [-0.25, -0.2) is 0 Å². The van der Waals surface area contributed by atoms with Crippen molar-refractivity contribution < 1.29 is 14.1 Å². The monoisotopic (exact) mass is 390 g/mol. The van der Waals surface area contributed by atoms with E-state index < -0.39 is 5.41 Å². The summed E-state index contributed by atoms with van der Waals surface area (Å²) in [5.74, 6) is 0.409. The molecule has 0 saturated carbocycles. The van der Waals surface area contributed by atoms with Crippen molar-refractivity contribution in [2.24, 2.45) is 5.41 Å². The minimum absolute atomic E-state index is 0.100. The Kier molecular flexibility index (Phi) is 5.12. The second-order valence-corrected chi connectivity index (χ2v) is 7.30. The van der Waals surface area contributed by atoms with Crippen molar-refractivity contribution in [3.8, 4) is 11.3 Å². The fourth-order valence-corrected chi connectivity index (χ4v) is 3.87. The molecule has 0 aliphatic carbocycles. The number of benzene rings is 1. The maximum atomic E-state index is 12.8. The fourth-order valence-electron chi connectivity index (χ4n) is 3.87. The van der Waals surface area contributed by atoms with Crippen molar-refractivity contribution in [2.75, 3.05) is 20.1 Å². The van der Waals surface area contributed by atoms with Gasteiger partial charge in [0, 0.05) is 50.6 Å². The van der Waals surface area contributed by atoms with Gasteiger partial charge in [0.2, 0.25) is 5.91 Å². The zero-order chi connectivity index (χ0) is 20.3. The molecule has 1 N–H and O–H groups in total. The van der Waals surface area contributed by atoms with Crippen LogP contribution in [0.5, 0.6) is 0 Å². The van der Waals surface area contributed by atoms with Crippen molar-refractivity contribution in [3.63, 3.8) is 0 Å². The molecule has 0 bridgehead atoms. The lowest BCUT2D eigenvalue weighted by Crippen LogP contribution is -2.44. The number of amides is 2. The molecule has 29 heavy (non-hydrogen) atoms. The Morgan fingerprint density at radius 2 is 2.03 bits per heavy atom. The summed E-state index contributed by atoms with van der Waals surface area (Å²) < 4.78 is 5.54. The van der Waals surface area contributed by atoms with E-state index in [9.17, 15) is 9.59 Å². The third-order valence-electron chi connectivity index (χ3n) is 5.40. The van der Waals surface area contributed by atoms with Crippen molar-refractivity contribution in [3.05, 3.63) is 72.2 Å². The molecule has 1 saturated heterocycles. The Morgan fingerprint density at radius 3 is 2.76 bits per heavy atom. The van der Waals surface area contributed by atoms with Crippen LogP contribution in [0.4, 0.5) is 0 Å². The standard InChI is InChI=1S/C22H22N4O3/c1-23-21(28)22(9-11-26(15-22)20(27)17-8-5-10-24-14-17)13-18-12-19(25-29-18)16-6-3-2-4-7-16/h2-8,10,12,14H,9,11,13,15H2,1H3,(H,23,28)/t22-/m1/s1. The number of carbonyl (C=O) groups excluding carboxylic acids is 2. The van der Waals surface area contributed by atoms with E-state index in [1.807, 2.05) is 36.4 Å². The van der Waals surface area contributed by atoms with Crippen LogP contribution in [0.15, 0.2) is 65.4 Å². The van der Waals surface area contributed by atoms with Gasteiger partial charge < -0.3 is 14.7 Å². The van der Waals surface area contributed by atoms with Crippen LogP contribution >= 0.6 is 0 Å². The fraction of sp³-hybridized carbons (Fsp3) is 0.273.